The molecule has 1 heterocycles. The molecule has 37 heavy (non-hydrogen) atoms. The van der Waals surface area contributed by atoms with E-state index in [0.717, 1.165) is 12.2 Å². The van der Waals surface area contributed by atoms with Gasteiger partial charge in [0.15, 0.2) is 0 Å². The molecule has 1 saturated heterocycles. The second-order valence-electron chi connectivity index (χ2n) is 10.3. The highest BCUT2D eigenvalue weighted by atomic mass is 32.2. The summed E-state index contributed by atoms with van der Waals surface area (Å²) in [6.07, 6.45) is 0.588. The molecule has 3 aromatic carbocycles. The summed E-state index contributed by atoms with van der Waals surface area (Å²) >= 11 is 1.81. The van der Waals surface area contributed by atoms with Gasteiger partial charge < -0.3 is 18.6 Å². The second-order valence-corrected chi connectivity index (χ2v) is 15.9. The zero-order valence-electron chi connectivity index (χ0n) is 22.2. The lowest BCUT2D eigenvalue weighted by Gasteiger charge is -2.43. The van der Waals surface area contributed by atoms with Crippen molar-refractivity contribution in [3.8, 4) is 11.5 Å². The van der Waals surface area contributed by atoms with E-state index in [1.165, 1.54) is 17.5 Å². The van der Waals surface area contributed by atoms with E-state index in [4.69, 9.17) is 18.6 Å². The van der Waals surface area contributed by atoms with Crippen LogP contribution >= 0.6 is 11.8 Å². The molecule has 0 aliphatic carbocycles. The number of benzene rings is 3. The summed E-state index contributed by atoms with van der Waals surface area (Å²) in [6.45, 7) is 7.47. The number of esters is 1. The Morgan fingerprint density at radius 1 is 0.919 bits per heavy atom. The van der Waals surface area contributed by atoms with Crippen LogP contribution in [-0.4, -0.2) is 52.2 Å². The molecule has 7 heteroatoms. The highest BCUT2D eigenvalue weighted by molar-refractivity contribution is 8.00. The van der Waals surface area contributed by atoms with Gasteiger partial charge in [-0.1, -0.05) is 81.4 Å². The van der Waals surface area contributed by atoms with Gasteiger partial charge >= 0.3 is 5.97 Å². The maximum atomic E-state index is 12.9. The van der Waals surface area contributed by atoms with Gasteiger partial charge in [0.1, 0.15) is 23.2 Å². The Labute approximate surface area is 225 Å². The fourth-order valence-corrected chi connectivity index (χ4v) is 11.0. The Hall–Kier alpha value is -2.74. The molecule has 2 unspecified atom stereocenters. The number of thioether (sulfide) groups is 1. The molecule has 0 amide bonds. The monoisotopic (exact) mass is 536 g/mol. The van der Waals surface area contributed by atoms with E-state index in [-0.39, 0.29) is 22.4 Å². The molecule has 0 spiro atoms. The first-order valence-electron chi connectivity index (χ1n) is 12.6. The van der Waals surface area contributed by atoms with Crippen molar-refractivity contribution in [3.63, 3.8) is 0 Å². The van der Waals surface area contributed by atoms with Gasteiger partial charge in [-0.2, -0.15) is 11.8 Å². The Bertz CT molecular complexity index is 1140. The highest BCUT2D eigenvalue weighted by Crippen LogP contribution is 2.38. The van der Waals surface area contributed by atoms with Crippen molar-refractivity contribution in [2.24, 2.45) is 0 Å². The number of carbonyl (C=O) groups is 1. The lowest BCUT2D eigenvalue weighted by atomic mass is 10.2. The summed E-state index contributed by atoms with van der Waals surface area (Å²) in [5.41, 5.74) is 0.403. The third kappa shape index (κ3) is 5.89. The molecule has 1 aliphatic rings. The lowest BCUT2D eigenvalue weighted by Crippen LogP contribution is -2.67. The van der Waals surface area contributed by atoms with Gasteiger partial charge in [-0.25, -0.2) is 4.79 Å². The maximum Gasteiger partial charge on any atom is 0.342 e. The van der Waals surface area contributed by atoms with Gasteiger partial charge in [-0.3, -0.25) is 0 Å². The average Bonchev–Trinajstić information content (AvgIpc) is 3.36. The quantitative estimate of drug-likeness (QED) is 0.273. The average molecular weight is 537 g/mol. The Morgan fingerprint density at radius 2 is 1.54 bits per heavy atom. The molecule has 2 atom stereocenters. The van der Waals surface area contributed by atoms with Crippen LogP contribution in [-0.2, 0) is 9.16 Å². The minimum absolute atomic E-state index is 0.0736. The van der Waals surface area contributed by atoms with Crippen LogP contribution in [0.25, 0.3) is 0 Å². The zero-order valence-corrected chi connectivity index (χ0v) is 24.0. The molecule has 0 aromatic heterocycles. The number of rotatable bonds is 9. The first kappa shape index (κ1) is 27.3. The number of carbonyl (C=O) groups excluding carboxylic acids is 1. The van der Waals surface area contributed by atoms with Gasteiger partial charge in [0.05, 0.1) is 14.2 Å². The van der Waals surface area contributed by atoms with Crippen LogP contribution in [0, 0.1) is 0 Å². The van der Waals surface area contributed by atoms with Crippen LogP contribution in [0.3, 0.4) is 0 Å². The van der Waals surface area contributed by atoms with Gasteiger partial charge in [0.25, 0.3) is 8.32 Å². The van der Waals surface area contributed by atoms with E-state index in [9.17, 15) is 4.79 Å². The molecule has 1 aliphatic heterocycles. The van der Waals surface area contributed by atoms with Crippen molar-refractivity contribution in [3.05, 3.63) is 84.4 Å². The molecule has 196 valence electrons. The van der Waals surface area contributed by atoms with E-state index in [2.05, 4.69) is 81.4 Å². The largest absolute Gasteiger partial charge is 0.497 e. The van der Waals surface area contributed by atoms with Gasteiger partial charge in [-0.15, -0.1) is 0 Å². The Kier molecular flexibility index (Phi) is 8.67. The molecule has 0 radical (unpaired) electrons. The van der Waals surface area contributed by atoms with Crippen molar-refractivity contribution in [2.75, 3.05) is 26.6 Å². The predicted octanol–water partition coefficient (Wildman–Crippen LogP) is 5.31. The number of hydrogen-bond donors (Lipinski definition) is 0. The number of methoxy groups -OCH3 is 2. The second kappa shape index (κ2) is 11.8. The summed E-state index contributed by atoms with van der Waals surface area (Å²) in [6, 6.07) is 26.5. The standard InChI is InChI=1S/C30H36O5SSi/c1-30(2,3)37(25-12-8-6-9-13-25,26-14-10-7-11-15-26)34-20-24-18-23(21-36-24)35-29(31)27-17-16-22(32-4)19-28(27)33-5/h6-17,19,23-24H,18,20-21H2,1-5H3. The van der Waals surface area contributed by atoms with Crippen molar-refractivity contribution in [2.45, 2.75) is 43.6 Å². The summed E-state index contributed by atoms with van der Waals surface area (Å²) < 4.78 is 23.6. The van der Waals surface area contributed by atoms with Gasteiger partial charge in [0.2, 0.25) is 0 Å². The third-order valence-corrected chi connectivity index (χ3v) is 13.2. The molecule has 4 rings (SSSR count). The normalized spacial score (nSPS) is 17.9. The van der Waals surface area contributed by atoms with Crippen LogP contribution in [0.4, 0.5) is 0 Å². The van der Waals surface area contributed by atoms with Crippen LogP contribution in [0.1, 0.15) is 37.6 Å². The van der Waals surface area contributed by atoms with E-state index in [1.807, 2.05) is 11.8 Å². The van der Waals surface area contributed by atoms with Crippen LogP contribution < -0.4 is 19.8 Å². The topological polar surface area (TPSA) is 54.0 Å². The molecular formula is C30H36O5SSi. The summed E-state index contributed by atoms with van der Waals surface area (Å²) in [7, 11) is 0.523. The van der Waals surface area contributed by atoms with E-state index >= 15 is 0 Å². The molecule has 3 aromatic rings. The zero-order chi connectivity index (χ0) is 26.5. The predicted molar refractivity (Wildman–Crippen MR) is 153 cm³/mol. The summed E-state index contributed by atoms with van der Waals surface area (Å²) in [5, 5.41) is 2.71. The molecule has 0 N–H and O–H groups in total. The third-order valence-electron chi connectivity index (χ3n) is 6.85. The molecule has 5 nitrogen and oxygen atoms in total. The minimum Gasteiger partial charge on any atom is -0.497 e. The van der Waals surface area contributed by atoms with Crippen molar-refractivity contribution >= 4 is 36.4 Å². The summed E-state index contributed by atoms with van der Waals surface area (Å²) in [4.78, 5) is 12.9. The molecular weight excluding hydrogens is 500 g/mol. The first-order valence-corrected chi connectivity index (χ1v) is 15.5. The van der Waals surface area contributed by atoms with E-state index in [1.54, 1.807) is 25.3 Å². The van der Waals surface area contributed by atoms with E-state index in [0.29, 0.717) is 23.7 Å². The van der Waals surface area contributed by atoms with Crippen molar-refractivity contribution in [1.29, 1.82) is 0 Å². The first-order chi connectivity index (χ1) is 17.8. The minimum atomic E-state index is -2.59. The van der Waals surface area contributed by atoms with E-state index < -0.39 is 8.32 Å². The highest BCUT2D eigenvalue weighted by Gasteiger charge is 2.50. The lowest BCUT2D eigenvalue weighted by molar-refractivity contribution is 0.0338. The number of ether oxygens (including phenoxy) is 3. The fourth-order valence-electron chi connectivity index (χ4n) is 5.03. The smallest absolute Gasteiger partial charge is 0.342 e. The van der Waals surface area contributed by atoms with Crippen molar-refractivity contribution in [1.82, 2.24) is 0 Å². The fraction of sp³-hybridized carbons (Fsp3) is 0.367. The Morgan fingerprint density at radius 3 is 2.08 bits per heavy atom. The van der Waals surface area contributed by atoms with Crippen LogP contribution in [0.5, 0.6) is 11.5 Å². The van der Waals surface area contributed by atoms with Gasteiger partial charge in [-0.05, 0) is 34.0 Å². The summed E-state index contributed by atoms with van der Waals surface area (Å²) in [5.74, 6) is 1.45. The molecule has 1 fully saturated rings. The van der Waals surface area contributed by atoms with Crippen LogP contribution in [0.15, 0.2) is 78.9 Å². The number of hydrogen-bond acceptors (Lipinski definition) is 6. The molecule has 0 bridgehead atoms. The SMILES string of the molecule is COc1ccc(C(=O)OC2CSC(CO[Si](c3ccccc3)(c3ccccc3)C(C)(C)C)C2)c(OC)c1. The van der Waals surface area contributed by atoms with Crippen molar-refractivity contribution < 1.29 is 23.4 Å². The Balaban J connectivity index is 1.49. The molecule has 0 saturated carbocycles. The van der Waals surface area contributed by atoms with Crippen LogP contribution in [0.2, 0.25) is 5.04 Å². The maximum absolute atomic E-state index is 12.9. The van der Waals surface area contributed by atoms with Gasteiger partial charge in [0, 0.05) is 23.7 Å².